The number of para-hydroxylation sites is 1. The van der Waals surface area contributed by atoms with Crippen LogP contribution < -0.4 is 4.40 Å². The number of benzene rings is 8. The zero-order chi connectivity index (χ0) is 44.9. The quantitative estimate of drug-likeness (QED) is 0.118. The van der Waals surface area contributed by atoms with Crippen molar-refractivity contribution >= 4 is 61.4 Å². The van der Waals surface area contributed by atoms with Crippen molar-refractivity contribution in [2.75, 3.05) is 0 Å². The van der Waals surface area contributed by atoms with E-state index in [1.165, 1.54) is 16.5 Å². The van der Waals surface area contributed by atoms with Crippen LogP contribution in [0.3, 0.4) is 0 Å². The molecule has 4 nitrogen and oxygen atoms in total. The Labute approximate surface area is 397 Å². The summed E-state index contributed by atoms with van der Waals surface area (Å²) in [6.07, 6.45) is 2.00. The Bertz CT molecular complexity index is 3470. The predicted octanol–water partition coefficient (Wildman–Crippen LogP) is 15.2. The van der Waals surface area contributed by atoms with Crippen LogP contribution in [0.25, 0.3) is 94.3 Å². The molecule has 8 aromatic carbocycles. The number of rotatable bonds is 7. The Morgan fingerprint density at radius 1 is 0.677 bits per heavy atom. The molecule has 11 aromatic rings. The molecule has 0 unspecified atom stereocenters. The molecule has 0 spiro atoms. The second kappa shape index (κ2) is 18.2. The minimum atomic E-state index is -2.03. The monoisotopic (exact) mass is 1090 g/mol. The Hall–Kier alpha value is -6.44. The number of halogens is 1. The maximum absolute atomic E-state index is 14.3. The molecule has 0 saturated heterocycles. The molecule has 65 heavy (non-hydrogen) atoms. The SMILES string of the molecule is Fc1ccc2c(c1)oc1c(-c3nc4ccc5ccccc5c4n3-c3c(-c4ccccc4)cccc3-c3ccccc3)[c-]ccc12.[2H]C(C)(C)c1cc(-c2[c-]cccc2)nc[c]1[Ge]([CH3])([CH3])[CH3].[Ir]. The summed E-state index contributed by atoms with van der Waals surface area (Å²) in [4.78, 5) is 9.94. The van der Waals surface area contributed by atoms with Gasteiger partial charge in [-0.05, 0) is 34.7 Å². The van der Waals surface area contributed by atoms with E-state index < -0.39 is 19.2 Å². The van der Waals surface area contributed by atoms with E-state index in [0.29, 0.717) is 22.6 Å². The summed E-state index contributed by atoms with van der Waals surface area (Å²) in [7, 11) is 0. The first-order valence-electron chi connectivity index (χ1n) is 22.1. The summed E-state index contributed by atoms with van der Waals surface area (Å²) in [6, 6.07) is 65.2. The molecule has 3 aromatic heterocycles. The number of imidazole rings is 1. The minimum Gasteiger partial charge on any atom is 0 e. The molecule has 0 N–H and O–H groups in total. The molecule has 3 heterocycles. The van der Waals surface area contributed by atoms with Crippen molar-refractivity contribution in [1.82, 2.24) is 14.5 Å². The minimum absolute atomic E-state index is 0. The first-order chi connectivity index (χ1) is 31.4. The van der Waals surface area contributed by atoms with Crippen LogP contribution >= 0.6 is 0 Å². The van der Waals surface area contributed by atoms with E-state index in [4.69, 9.17) is 10.8 Å². The second-order valence-electron chi connectivity index (χ2n) is 17.3. The van der Waals surface area contributed by atoms with Crippen molar-refractivity contribution in [2.24, 2.45) is 0 Å². The molecule has 0 amide bonds. The van der Waals surface area contributed by atoms with Crippen LogP contribution in [-0.4, -0.2) is 27.8 Å². The van der Waals surface area contributed by atoms with Crippen LogP contribution in [0.15, 0.2) is 187 Å². The van der Waals surface area contributed by atoms with Crippen molar-refractivity contribution in [3.63, 3.8) is 0 Å². The molecular weight excluding hydrogens is 1040 g/mol. The summed E-state index contributed by atoms with van der Waals surface area (Å²) in [6.45, 7) is 3.91. The normalized spacial score (nSPS) is 11.9. The number of aromatic nitrogens is 3. The molecule has 0 aliphatic carbocycles. The van der Waals surface area contributed by atoms with E-state index in [-0.39, 0.29) is 25.9 Å². The number of fused-ring (bicyclic) bond motifs is 6. The Morgan fingerprint density at radius 3 is 2.05 bits per heavy atom. The number of pyridine rings is 1. The van der Waals surface area contributed by atoms with Crippen LogP contribution in [0.5, 0.6) is 0 Å². The molecule has 0 bridgehead atoms. The third kappa shape index (κ3) is 8.39. The number of furan rings is 1. The Morgan fingerprint density at radius 2 is 1.37 bits per heavy atom. The van der Waals surface area contributed by atoms with Gasteiger partial charge in [0.2, 0.25) is 0 Å². The zero-order valence-electron chi connectivity index (χ0n) is 37.8. The topological polar surface area (TPSA) is 43.9 Å². The largest absolute Gasteiger partial charge is 0 e. The summed E-state index contributed by atoms with van der Waals surface area (Å²) < 4.78 is 32.7. The average Bonchev–Trinajstić information content (AvgIpc) is 3.90. The van der Waals surface area contributed by atoms with Gasteiger partial charge in [-0.25, -0.2) is 4.39 Å². The number of nitrogens with zero attached hydrogens (tertiary/aromatic N) is 3. The molecule has 0 atom stereocenters. The zero-order valence-corrected chi connectivity index (χ0v) is 41.3. The summed E-state index contributed by atoms with van der Waals surface area (Å²) in [5.74, 6) is 6.81. The predicted molar refractivity (Wildman–Crippen MR) is 267 cm³/mol. The van der Waals surface area contributed by atoms with Gasteiger partial charge in [0, 0.05) is 48.1 Å². The van der Waals surface area contributed by atoms with Gasteiger partial charge in [0.15, 0.2) is 0 Å². The van der Waals surface area contributed by atoms with Crippen LogP contribution in [0.4, 0.5) is 4.39 Å². The van der Waals surface area contributed by atoms with Crippen molar-refractivity contribution in [1.29, 1.82) is 0 Å². The van der Waals surface area contributed by atoms with Gasteiger partial charge < -0.3 is 8.98 Å². The van der Waals surface area contributed by atoms with Gasteiger partial charge in [0.1, 0.15) is 11.4 Å². The number of hydrogen-bond donors (Lipinski definition) is 0. The van der Waals surface area contributed by atoms with Crippen LogP contribution in [0.2, 0.25) is 17.3 Å². The number of hydrogen-bond acceptors (Lipinski definition) is 3. The molecule has 321 valence electrons. The summed E-state index contributed by atoms with van der Waals surface area (Å²) in [5, 5.41) is 3.96. The van der Waals surface area contributed by atoms with E-state index in [2.05, 4.69) is 148 Å². The van der Waals surface area contributed by atoms with Gasteiger partial charge in [0.25, 0.3) is 0 Å². The third-order valence-electron chi connectivity index (χ3n) is 11.8. The van der Waals surface area contributed by atoms with E-state index in [0.717, 1.165) is 77.3 Å². The van der Waals surface area contributed by atoms with Crippen LogP contribution in [-0.2, 0) is 20.1 Å². The van der Waals surface area contributed by atoms with Gasteiger partial charge in [-0.15, -0.1) is 18.2 Å². The van der Waals surface area contributed by atoms with Gasteiger partial charge in [-0.2, -0.15) is 0 Å². The van der Waals surface area contributed by atoms with Crippen molar-refractivity contribution in [3.05, 3.63) is 206 Å². The fraction of sp³-hybridized carbons (Fsp3) is 0.103. The smallest absolute Gasteiger partial charge is 0 e. The summed E-state index contributed by atoms with van der Waals surface area (Å²) >= 11 is -2.03. The van der Waals surface area contributed by atoms with Crippen LogP contribution in [0, 0.1) is 17.9 Å². The molecule has 1 radical (unpaired) electrons. The van der Waals surface area contributed by atoms with E-state index in [1.54, 1.807) is 6.07 Å². The second-order valence-corrected chi connectivity index (χ2v) is 27.9. The Kier molecular flexibility index (Phi) is 11.9. The fourth-order valence-electron chi connectivity index (χ4n) is 8.76. The van der Waals surface area contributed by atoms with E-state index in [1.807, 2.05) is 68.6 Å². The molecule has 0 aliphatic heterocycles. The van der Waals surface area contributed by atoms with Crippen molar-refractivity contribution in [2.45, 2.75) is 37.0 Å². The standard InChI is InChI=1S/C41H24FN2O.C17H22GeN.Ir/c42-29-22-23-33-34-19-10-20-35(40(34)45-37(33)25-29)41-43-36-24-21-28-15-7-8-16-32(28)39(36)44(41)38-30(26-11-3-1-4-12-26)17-9-18-31(38)27-13-5-2-6-14-27;1-13(2)15-11-17(14-9-7-6-8-10-14)19-12-16(15)18(3,4)5;/h1-19,21-25H;6-9,11-13H,1-5H3;/q2*-1;/i;13D;. The molecule has 7 heteroatoms. The molecule has 11 rings (SSSR count). The molecule has 0 fully saturated rings. The van der Waals surface area contributed by atoms with E-state index in [9.17, 15) is 4.39 Å². The maximum atomic E-state index is 14.3. The third-order valence-corrected chi connectivity index (χ3v) is 16.1. The van der Waals surface area contributed by atoms with E-state index >= 15 is 0 Å². The summed E-state index contributed by atoms with van der Waals surface area (Å²) in [5.41, 5.74) is 12.1. The van der Waals surface area contributed by atoms with Gasteiger partial charge in [-0.3, -0.25) is 4.98 Å². The van der Waals surface area contributed by atoms with Crippen molar-refractivity contribution < 1.29 is 30.3 Å². The fourth-order valence-corrected chi connectivity index (χ4v) is 12.1. The molecular formula is C58H46FGeIrN3O-2. The van der Waals surface area contributed by atoms with Gasteiger partial charge in [0.05, 0.1) is 28.1 Å². The Balaban J connectivity index is 0.000000221. The molecule has 0 saturated carbocycles. The van der Waals surface area contributed by atoms with Gasteiger partial charge >= 0.3 is 120 Å². The first-order valence-corrected chi connectivity index (χ1v) is 28.9. The maximum Gasteiger partial charge on any atom is 0 e. The molecule has 0 aliphatic rings. The van der Waals surface area contributed by atoms with Crippen LogP contribution in [0.1, 0.15) is 26.7 Å². The van der Waals surface area contributed by atoms with Crippen molar-refractivity contribution in [3.8, 4) is 50.6 Å². The van der Waals surface area contributed by atoms with Gasteiger partial charge in [-0.1, -0.05) is 120 Å². The average molecular weight is 1090 g/mol. The first kappa shape index (κ1) is 42.5.